The Morgan fingerprint density at radius 2 is 1.79 bits per heavy atom. The molecular weight excluding hydrogens is 391 g/mol. The molecule has 0 radical (unpaired) electrons. The first-order chi connectivity index (χ1) is 13.3. The first-order valence-corrected chi connectivity index (χ1v) is 9.12. The van der Waals surface area contributed by atoms with Crippen LogP contribution in [0.3, 0.4) is 0 Å². The first-order valence-electron chi connectivity index (χ1n) is 8.24. The molecule has 3 rings (SSSR count). The van der Waals surface area contributed by atoms with Crippen LogP contribution in [0.15, 0.2) is 35.5 Å². The monoisotopic (exact) mass is 407 g/mol. The second kappa shape index (κ2) is 8.01. The lowest BCUT2D eigenvalue weighted by molar-refractivity contribution is -0.115. The quantitative estimate of drug-likeness (QED) is 0.514. The molecule has 0 aliphatic heterocycles. The lowest BCUT2D eigenvalue weighted by atomic mass is 10.1. The van der Waals surface area contributed by atoms with Crippen LogP contribution < -0.4 is 5.32 Å². The van der Waals surface area contributed by atoms with Crippen LogP contribution in [0.1, 0.15) is 18.1 Å². The van der Waals surface area contributed by atoms with Gasteiger partial charge in [0.15, 0.2) is 17.5 Å². The van der Waals surface area contributed by atoms with Crippen LogP contribution in [0, 0.1) is 31.3 Å². The summed E-state index contributed by atoms with van der Waals surface area (Å²) in [5, 5.41) is 13.4. The molecule has 2 aromatic carbocycles. The average molecular weight is 407 g/mol. The molecule has 1 heterocycles. The zero-order valence-corrected chi connectivity index (χ0v) is 16.0. The van der Waals surface area contributed by atoms with Crippen LogP contribution in [-0.2, 0) is 4.79 Å². The molecule has 6 nitrogen and oxygen atoms in total. The van der Waals surface area contributed by atoms with Crippen molar-refractivity contribution in [3.05, 3.63) is 58.9 Å². The molecule has 146 valence electrons. The van der Waals surface area contributed by atoms with Gasteiger partial charge in [-0.1, -0.05) is 17.8 Å². The van der Waals surface area contributed by atoms with Crippen LogP contribution >= 0.6 is 11.8 Å². The molecule has 0 aliphatic carbocycles. The molecule has 1 aromatic heterocycles. The van der Waals surface area contributed by atoms with E-state index in [1.807, 2.05) is 32.0 Å². The van der Waals surface area contributed by atoms with Gasteiger partial charge in [-0.3, -0.25) is 4.79 Å². The summed E-state index contributed by atoms with van der Waals surface area (Å²) < 4.78 is 41.6. The number of nitrogens with zero attached hydrogens (tertiary/aromatic N) is 4. The first kappa shape index (κ1) is 19.9. The highest BCUT2D eigenvalue weighted by Gasteiger charge is 2.22. The van der Waals surface area contributed by atoms with Gasteiger partial charge in [0.05, 0.1) is 16.6 Å². The minimum atomic E-state index is -1.64. The van der Waals surface area contributed by atoms with E-state index in [1.54, 1.807) is 6.92 Å². The van der Waals surface area contributed by atoms with Gasteiger partial charge in [0.1, 0.15) is 0 Å². The molecule has 0 unspecified atom stereocenters. The summed E-state index contributed by atoms with van der Waals surface area (Å²) in [6, 6.07) is 7.51. The van der Waals surface area contributed by atoms with E-state index in [-0.39, 0.29) is 0 Å². The largest absolute Gasteiger partial charge is 0.323 e. The van der Waals surface area contributed by atoms with Crippen molar-refractivity contribution in [3.8, 4) is 5.69 Å². The van der Waals surface area contributed by atoms with E-state index < -0.39 is 34.3 Å². The smallest absolute Gasteiger partial charge is 0.237 e. The van der Waals surface area contributed by atoms with E-state index in [2.05, 4.69) is 20.8 Å². The number of aromatic nitrogens is 4. The normalized spacial score (nSPS) is 12.1. The number of anilines is 1. The van der Waals surface area contributed by atoms with Crippen molar-refractivity contribution >= 4 is 23.4 Å². The highest BCUT2D eigenvalue weighted by molar-refractivity contribution is 8.00. The topological polar surface area (TPSA) is 72.7 Å². The number of tetrazole rings is 1. The number of hydrogen-bond donors (Lipinski definition) is 1. The molecule has 0 bridgehead atoms. The van der Waals surface area contributed by atoms with Crippen molar-refractivity contribution in [2.75, 3.05) is 5.32 Å². The number of carbonyl (C=O) groups is 1. The van der Waals surface area contributed by atoms with Gasteiger partial charge in [0.2, 0.25) is 11.1 Å². The SMILES string of the molecule is Cc1cc(C)cc(-n2nnnc2S[C@H](C)C(=O)Nc2ccc(F)c(F)c2F)c1. The Kier molecular flexibility index (Phi) is 5.68. The van der Waals surface area contributed by atoms with Crippen molar-refractivity contribution in [2.24, 2.45) is 0 Å². The number of amides is 1. The highest BCUT2D eigenvalue weighted by atomic mass is 32.2. The molecule has 0 spiro atoms. The van der Waals surface area contributed by atoms with E-state index in [0.29, 0.717) is 5.16 Å². The summed E-state index contributed by atoms with van der Waals surface area (Å²) in [5.41, 5.74) is 2.36. The van der Waals surface area contributed by atoms with E-state index in [4.69, 9.17) is 0 Å². The minimum Gasteiger partial charge on any atom is -0.323 e. The lowest BCUT2D eigenvalue weighted by Crippen LogP contribution is -2.23. The fourth-order valence-corrected chi connectivity index (χ4v) is 3.36. The summed E-state index contributed by atoms with van der Waals surface area (Å²) >= 11 is 1.05. The maximum atomic E-state index is 13.8. The van der Waals surface area contributed by atoms with Gasteiger partial charge in [0.25, 0.3) is 0 Å². The standard InChI is InChI=1S/C18H16F3N5OS/c1-9-6-10(2)8-12(7-9)26-18(23-24-25-26)28-11(3)17(27)22-14-5-4-13(19)15(20)16(14)21/h4-8,11H,1-3H3,(H,22,27)/t11-/m1/s1. The number of thioether (sulfide) groups is 1. The second-order valence-corrected chi connectivity index (χ2v) is 7.50. The predicted molar refractivity (Wildman–Crippen MR) is 98.9 cm³/mol. The van der Waals surface area contributed by atoms with Gasteiger partial charge in [-0.05, 0) is 66.6 Å². The fraction of sp³-hybridized carbons (Fsp3) is 0.222. The highest BCUT2D eigenvalue weighted by Crippen LogP contribution is 2.26. The van der Waals surface area contributed by atoms with Crippen LogP contribution in [0.25, 0.3) is 5.69 Å². The number of rotatable bonds is 5. The number of hydrogen-bond acceptors (Lipinski definition) is 5. The van der Waals surface area contributed by atoms with Gasteiger partial charge >= 0.3 is 0 Å². The van der Waals surface area contributed by atoms with E-state index >= 15 is 0 Å². The molecule has 0 aliphatic rings. The number of carbonyl (C=O) groups excluding carboxylic acids is 1. The predicted octanol–water partition coefficient (Wildman–Crippen LogP) is 3.82. The van der Waals surface area contributed by atoms with Crippen molar-refractivity contribution in [3.63, 3.8) is 0 Å². The molecule has 1 N–H and O–H groups in total. The average Bonchev–Trinajstić information content (AvgIpc) is 3.09. The Labute approximate surface area is 163 Å². The molecule has 1 amide bonds. The number of nitrogens with one attached hydrogen (secondary N) is 1. The van der Waals surface area contributed by atoms with Crippen LogP contribution in [0.5, 0.6) is 0 Å². The molecule has 10 heteroatoms. The van der Waals surface area contributed by atoms with Gasteiger partial charge in [-0.25, -0.2) is 13.2 Å². The summed E-state index contributed by atoms with van der Waals surface area (Å²) in [4.78, 5) is 12.4. The molecular formula is C18H16F3N5OS. The Morgan fingerprint density at radius 3 is 2.46 bits per heavy atom. The second-order valence-electron chi connectivity index (χ2n) is 6.19. The Bertz CT molecular complexity index is 1020. The molecule has 0 saturated heterocycles. The Balaban J connectivity index is 1.77. The van der Waals surface area contributed by atoms with E-state index in [1.165, 1.54) is 4.68 Å². The summed E-state index contributed by atoms with van der Waals surface area (Å²) in [6.45, 7) is 5.46. The van der Waals surface area contributed by atoms with E-state index in [9.17, 15) is 18.0 Å². The third kappa shape index (κ3) is 4.16. The van der Waals surface area contributed by atoms with Gasteiger partial charge in [0, 0.05) is 0 Å². The molecule has 0 fully saturated rings. The van der Waals surface area contributed by atoms with Crippen LogP contribution in [-0.4, -0.2) is 31.4 Å². The third-order valence-electron chi connectivity index (χ3n) is 3.84. The van der Waals surface area contributed by atoms with E-state index in [0.717, 1.165) is 40.7 Å². The van der Waals surface area contributed by atoms with Crippen molar-refractivity contribution in [1.29, 1.82) is 0 Å². The van der Waals surface area contributed by atoms with Crippen LogP contribution in [0.4, 0.5) is 18.9 Å². The van der Waals surface area contributed by atoms with Gasteiger partial charge in [-0.15, -0.1) is 5.10 Å². The molecule has 0 saturated carbocycles. The van der Waals surface area contributed by atoms with Crippen LogP contribution in [0.2, 0.25) is 0 Å². The number of benzene rings is 2. The maximum Gasteiger partial charge on any atom is 0.237 e. The maximum absolute atomic E-state index is 13.8. The summed E-state index contributed by atoms with van der Waals surface area (Å²) in [6.07, 6.45) is 0. The Morgan fingerprint density at radius 1 is 1.11 bits per heavy atom. The lowest BCUT2D eigenvalue weighted by Gasteiger charge is -2.13. The van der Waals surface area contributed by atoms with Crippen molar-refractivity contribution in [1.82, 2.24) is 20.2 Å². The summed E-state index contributed by atoms with van der Waals surface area (Å²) in [5.74, 6) is -5.03. The Hall–Kier alpha value is -2.88. The zero-order chi connectivity index (χ0) is 20.4. The van der Waals surface area contributed by atoms with Gasteiger partial charge < -0.3 is 5.32 Å². The number of halogens is 3. The zero-order valence-electron chi connectivity index (χ0n) is 15.2. The minimum absolute atomic E-state index is 0.360. The van der Waals surface area contributed by atoms with Crippen molar-refractivity contribution in [2.45, 2.75) is 31.2 Å². The van der Waals surface area contributed by atoms with Gasteiger partial charge in [-0.2, -0.15) is 4.68 Å². The summed E-state index contributed by atoms with van der Waals surface area (Å²) in [7, 11) is 0. The van der Waals surface area contributed by atoms with Crippen molar-refractivity contribution < 1.29 is 18.0 Å². The molecule has 1 atom stereocenters. The third-order valence-corrected chi connectivity index (χ3v) is 4.87. The fourth-order valence-electron chi connectivity index (χ4n) is 2.56. The number of aryl methyl sites for hydroxylation is 2. The molecule has 3 aromatic rings. The molecule has 28 heavy (non-hydrogen) atoms.